The molecule has 0 bridgehead atoms. The van der Waals surface area contributed by atoms with Crippen molar-refractivity contribution in [2.24, 2.45) is 5.92 Å². The van der Waals surface area contributed by atoms with Gasteiger partial charge in [-0.15, -0.1) is 0 Å². The number of hydrogen-bond acceptors (Lipinski definition) is 4. The van der Waals surface area contributed by atoms with Crippen molar-refractivity contribution >= 4 is 45.8 Å². The fraction of sp³-hybridized carbons (Fsp3) is 0.280. The van der Waals surface area contributed by atoms with Crippen LogP contribution in [0.15, 0.2) is 60.9 Å². The molecule has 2 atom stereocenters. The molecule has 8 heteroatoms. The average Bonchev–Trinajstić information content (AvgIpc) is 2.76. The molecule has 0 aliphatic heterocycles. The molecule has 0 saturated heterocycles. The Morgan fingerprint density at radius 3 is 2.52 bits per heavy atom. The first-order valence-corrected chi connectivity index (χ1v) is 11.3. The standard InChI is InChI=1S/C25H25ClN4O3/c1-15(28-24(32)16-7-4-8-16)23(31)30-22(17-9-5-10-19(26)12-17)25(33)29-21-14-27-13-18-6-2-3-11-20(18)21/h2-3,5-6,9-16,22H,4,7-8H2,1H3,(H,28,32)(H,29,33)(H,30,31). The Hall–Kier alpha value is -3.45. The van der Waals surface area contributed by atoms with Crippen molar-refractivity contribution in [2.75, 3.05) is 5.32 Å². The number of anilines is 1. The summed E-state index contributed by atoms with van der Waals surface area (Å²) in [5.41, 5.74) is 1.06. The van der Waals surface area contributed by atoms with E-state index in [4.69, 9.17) is 11.6 Å². The minimum absolute atomic E-state index is 0.0360. The zero-order chi connectivity index (χ0) is 23.4. The van der Waals surface area contributed by atoms with Crippen molar-refractivity contribution in [3.8, 4) is 0 Å². The highest BCUT2D eigenvalue weighted by molar-refractivity contribution is 6.30. The normalized spacial score (nSPS) is 15.2. The highest BCUT2D eigenvalue weighted by Gasteiger charge is 2.30. The molecule has 1 heterocycles. The Balaban J connectivity index is 1.54. The quantitative estimate of drug-likeness (QED) is 0.492. The molecule has 1 aliphatic rings. The molecule has 1 aliphatic carbocycles. The van der Waals surface area contributed by atoms with Gasteiger partial charge in [0.25, 0.3) is 5.91 Å². The molecule has 7 nitrogen and oxygen atoms in total. The predicted molar refractivity (Wildman–Crippen MR) is 128 cm³/mol. The molecule has 3 N–H and O–H groups in total. The molecule has 1 saturated carbocycles. The van der Waals surface area contributed by atoms with Gasteiger partial charge in [0, 0.05) is 27.9 Å². The third kappa shape index (κ3) is 5.31. The van der Waals surface area contributed by atoms with E-state index in [1.165, 1.54) is 0 Å². The lowest BCUT2D eigenvalue weighted by Gasteiger charge is -2.27. The van der Waals surface area contributed by atoms with Crippen LogP contribution in [-0.2, 0) is 14.4 Å². The van der Waals surface area contributed by atoms with E-state index in [0.29, 0.717) is 16.3 Å². The first-order valence-electron chi connectivity index (χ1n) is 10.9. The zero-order valence-electron chi connectivity index (χ0n) is 18.2. The summed E-state index contributed by atoms with van der Waals surface area (Å²) < 4.78 is 0. The van der Waals surface area contributed by atoms with Gasteiger partial charge in [-0.25, -0.2) is 0 Å². The third-order valence-corrected chi connectivity index (χ3v) is 6.12. The number of fused-ring (bicyclic) bond motifs is 1. The highest BCUT2D eigenvalue weighted by atomic mass is 35.5. The van der Waals surface area contributed by atoms with Gasteiger partial charge in [-0.3, -0.25) is 19.4 Å². The smallest absolute Gasteiger partial charge is 0.251 e. The maximum absolute atomic E-state index is 13.3. The molecule has 2 aromatic carbocycles. The van der Waals surface area contributed by atoms with E-state index >= 15 is 0 Å². The third-order valence-electron chi connectivity index (χ3n) is 5.88. The van der Waals surface area contributed by atoms with Crippen LogP contribution in [0.1, 0.15) is 37.8 Å². The van der Waals surface area contributed by atoms with Crippen LogP contribution in [0.25, 0.3) is 10.8 Å². The number of carbonyl (C=O) groups excluding carboxylic acids is 3. The summed E-state index contributed by atoms with van der Waals surface area (Å²) in [5, 5.41) is 10.5. The first kappa shape index (κ1) is 22.7. The molecule has 33 heavy (non-hydrogen) atoms. The lowest BCUT2D eigenvalue weighted by atomic mass is 9.84. The molecule has 1 aromatic heterocycles. The second-order valence-electron chi connectivity index (χ2n) is 8.25. The number of nitrogens with zero attached hydrogens (tertiary/aromatic N) is 1. The lowest BCUT2D eigenvalue weighted by Crippen LogP contribution is -2.50. The van der Waals surface area contributed by atoms with E-state index in [1.807, 2.05) is 24.3 Å². The Morgan fingerprint density at radius 2 is 1.79 bits per heavy atom. The number of halogens is 1. The topological polar surface area (TPSA) is 100 Å². The molecule has 1 fully saturated rings. The first-order chi connectivity index (χ1) is 15.9. The number of carbonyl (C=O) groups is 3. The Kier molecular flexibility index (Phi) is 6.89. The van der Waals surface area contributed by atoms with Gasteiger partial charge >= 0.3 is 0 Å². The Labute approximate surface area is 196 Å². The van der Waals surface area contributed by atoms with Crippen LogP contribution >= 0.6 is 11.6 Å². The van der Waals surface area contributed by atoms with Crippen molar-refractivity contribution in [3.63, 3.8) is 0 Å². The number of amides is 3. The second kappa shape index (κ2) is 10.0. The van der Waals surface area contributed by atoms with Gasteiger partial charge in [0.2, 0.25) is 11.8 Å². The van der Waals surface area contributed by atoms with Crippen molar-refractivity contribution in [3.05, 3.63) is 71.5 Å². The summed E-state index contributed by atoms with van der Waals surface area (Å²) >= 11 is 6.15. The number of pyridine rings is 1. The van der Waals surface area contributed by atoms with E-state index in [-0.39, 0.29) is 11.8 Å². The number of benzene rings is 2. The molecule has 2 unspecified atom stereocenters. The van der Waals surface area contributed by atoms with Crippen LogP contribution < -0.4 is 16.0 Å². The van der Waals surface area contributed by atoms with Gasteiger partial charge in [0.1, 0.15) is 12.1 Å². The monoisotopic (exact) mass is 464 g/mol. The number of rotatable bonds is 7. The van der Waals surface area contributed by atoms with Crippen LogP contribution in [0, 0.1) is 5.92 Å². The van der Waals surface area contributed by atoms with Gasteiger partial charge in [-0.05, 0) is 37.5 Å². The van der Waals surface area contributed by atoms with Crippen LogP contribution in [0.4, 0.5) is 5.69 Å². The zero-order valence-corrected chi connectivity index (χ0v) is 18.9. The highest BCUT2D eigenvalue weighted by Crippen LogP contribution is 2.27. The SMILES string of the molecule is CC(NC(=O)C1CCC1)C(=O)NC(C(=O)Nc1cncc2ccccc12)c1cccc(Cl)c1. The average molecular weight is 465 g/mol. The summed E-state index contributed by atoms with van der Waals surface area (Å²) in [5.74, 6) is -1.07. The number of nitrogens with one attached hydrogen (secondary N) is 3. The van der Waals surface area contributed by atoms with Crippen molar-refractivity contribution < 1.29 is 14.4 Å². The van der Waals surface area contributed by atoms with Crippen molar-refractivity contribution in [2.45, 2.75) is 38.3 Å². The van der Waals surface area contributed by atoms with Gasteiger partial charge in [-0.1, -0.05) is 54.4 Å². The minimum atomic E-state index is -1.02. The fourth-order valence-corrected chi connectivity index (χ4v) is 3.94. The van der Waals surface area contributed by atoms with Gasteiger partial charge < -0.3 is 16.0 Å². The van der Waals surface area contributed by atoms with Crippen LogP contribution in [0.5, 0.6) is 0 Å². The fourth-order valence-electron chi connectivity index (χ4n) is 3.74. The molecule has 3 amide bonds. The summed E-state index contributed by atoms with van der Waals surface area (Å²) in [6, 6.07) is 12.5. The summed E-state index contributed by atoms with van der Waals surface area (Å²) in [6.07, 6.45) is 5.99. The van der Waals surface area contributed by atoms with Gasteiger partial charge in [0.15, 0.2) is 0 Å². The summed E-state index contributed by atoms with van der Waals surface area (Å²) in [4.78, 5) is 42.7. The molecule has 3 aromatic rings. The number of hydrogen-bond donors (Lipinski definition) is 3. The largest absolute Gasteiger partial charge is 0.344 e. The minimum Gasteiger partial charge on any atom is -0.344 e. The van der Waals surface area contributed by atoms with Crippen molar-refractivity contribution in [1.82, 2.24) is 15.6 Å². The molecular formula is C25H25ClN4O3. The predicted octanol–water partition coefficient (Wildman–Crippen LogP) is 3.99. The molecule has 0 spiro atoms. The van der Waals surface area contributed by atoms with E-state index in [2.05, 4.69) is 20.9 Å². The molecule has 0 radical (unpaired) electrons. The Morgan fingerprint density at radius 1 is 1.00 bits per heavy atom. The maximum Gasteiger partial charge on any atom is 0.251 e. The van der Waals surface area contributed by atoms with Crippen LogP contribution in [0.3, 0.4) is 0 Å². The number of aromatic nitrogens is 1. The van der Waals surface area contributed by atoms with Crippen molar-refractivity contribution in [1.29, 1.82) is 0 Å². The van der Waals surface area contributed by atoms with E-state index in [0.717, 1.165) is 30.0 Å². The maximum atomic E-state index is 13.3. The van der Waals surface area contributed by atoms with Gasteiger partial charge in [0.05, 0.1) is 11.9 Å². The second-order valence-corrected chi connectivity index (χ2v) is 8.69. The lowest BCUT2D eigenvalue weighted by molar-refractivity contribution is -0.133. The van der Waals surface area contributed by atoms with Crippen LogP contribution in [-0.4, -0.2) is 28.7 Å². The molecule has 170 valence electrons. The van der Waals surface area contributed by atoms with Gasteiger partial charge in [-0.2, -0.15) is 0 Å². The summed E-state index contributed by atoms with van der Waals surface area (Å²) in [7, 11) is 0. The molecule has 4 rings (SSSR count). The van der Waals surface area contributed by atoms with E-state index in [1.54, 1.807) is 43.6 Å². The van der Waals surface area contributed by atoms with Crippen LogP contribution in [0.2, 0.25) is 5.02 Å². The van der Waals surface area contributed by atoms with E-state index in [9.17, 15) is 14.4 Å². The van der Waals surface area contributed by atoms with E-state index < -0.39 is 23.9 Å². The summed E-state index contributed by atoms with van der Waals surface area (Å²) in [6.45, 7) is 1.60. The molecular weight excluding hydrogens is 440 g/mol. The Bertz CT molecular complexity index is 1190.